The van der Waals surface area contributed by atoms with Crippen molar-refractivity contribution in [2.24, 2.45) is 0 Å². The lowest BCUT2D eigenvalue weighted by Gasteiger charge is -2.18. The zero-order valence-corrected chi connectivity index (χ0v) is 17.8. The third kappa shape index (κ3) is 4.20. The van der Waals surface area contributed by atoms with Crippen molar-refractivity contribution >= 4 is 42.4 Å². The number of sulfone groups is 1. The number of nitrogens with one attached hydrogen (secondary N) is 1. The molecule has 0 unspecified atom stereocenters. The van der Waals surface area contributed by atoms with Gasteiger partial charge in [-0.25, -0.2) is 13.4 Å². The van der Waals surface area contributed by atoms with Gasteiger partial charge in [-0.3, -0.25) is 10.1 Å². The minimum absolute atomic E-state index is 0.190. The molecule has 0 radical (unpaired) electrons. The number of nitrogens with zero attached hydrogens (tertiary/aromatic N) is 1. The van der Waals surface area contributed by atoms with Gasteiger partial charge in [0.15, 0.2) is 33.1 Å². The van der Waals surface area contributed by atoms with Crippen LogP contribution in [-0.4, -0.2) is 37.8 Å². The largest absolute Gasteiger partial charge is 0.483 e. The molecule has 0 saturated heterocycles. The smallest absolute Gasteiger partial charge is 0.264 e. The van der Waals surface area contributed by atoms with Crippen LogP contribution in [0.4, 0.5) is 5.13 Å². The van der Waals surface area contributed by atoms with E-state index < -0.39 is 9.84 Å². The van der Waals surface area contributed by atoms with E-state index in [0.29, 0.717) is 26.8 Å². The van der Waals surface area contributed by atoms with Crippen molar-refractivity contribution in [1.82, 2.24) is 4.98 Å². The van der Waals surface area contributed by atoms with Gasteiger partial charge in [-0.2, -0.15) is 0 Å². The van der Waals surface area contributed by atoms with Crippen molar-refractivity contribution in [1.29, 1.82) is 0 Å². The Morgan fingerprint density at radius 3 is 2.86 bits per heavy atom. The summed E-state index contributed by atoms with van der Waals surface area (Å²) < 4.78 is 35.7. The maximum atomic E-state index is 12.3. The second-order valence-corrected chi connectivity index (χ2v) is 10.6. The number of hydrogen-bond donors (Lipinski definition) is 1. The van der Waals surface area contributed by atoms with Crippen LogP contribution in [0, 0.1) is 0 Å². The summed E-state index contributed by atoms with van der Waals surface area (Å²) >= 11 is 1.21. The van der Waals surface area contributed by atoms with Gasteiger partial charge < -0.3 is 9.47 Å². The summed E-state index contributed by atoms with van der Waals surface area (Å²) in [6, 6.07) is 10.3. The van der Waals surface area contributed by atoms with Crippen LogP contribution in [0.2, 0.25) is 0 Å². The van der Waals surface area contributed by atoms with Crippen molar-refractivity contribution in [2.45, 2.75) is 30.8 Å². The standard InChI is InChI=1S/C20H20N2O5S2/c1-20(2)10-12-5-4-6-15(18(12)27-20)26-11-17(23)22-19-21-14-8-7-13(29(3,24)25)9-16(14)28-19/h4-9H,10-11H2,1-3H3,(H,21,22,23). The van der Waals surface area contributed by atoms with Gasteiger partial charge in [0.25, 0.3) is 5.91 Å². The molecule has 1 amide bonds. The first-order chi connectivity index (χ1) is 13.6. The Hall–Kier alpha value is -2.65. The molecule has 0 aliphatic carbocycles. The zero-order chi connectivity index (χ0) is 20.8. The number of ether oxygens (including phenoxy) is 2. The van der Waals surface area contributed by atoms with Crippen LogP contribution >= 0.6 is 11.3 Å². The lowest BCUT2D eigenvalue weighted by Crippen LogP contribution is -2.25. The molecule has 0 saturated carbocycles. The van der Waals surface area contributed by atoms with Gasteiger partial charge in [0, 0.05) is 18.2 Å². The van der Waals surface area contributed by atoms with E-state index in [-0.39, 0.29) is 23.0 Å². The van der Waals surface area contributed by atoms with Gasteiger partial charge in [0.05, 0.1) is 15.1 Å². The maximum absolute atomic E-state index is 12.3. The summed E-state index contributed by atoms with van der Waals surface area (Å²) in [5.74, 6) is 0.853. The highest BCUT2D eigenvalue weighted by Gasteiger charge is 2.32. The molecule has 2 aromatic carbocycles. The van der Waals surface area contributed by atoms with E-state index in [2.05, 4.69) is 10.3 Å². The molecule has 152 valence electrons. The molecule has 2 heterocycles. The normalized spacial score (nSPS) is 15.0. The molecule has 0 bridgehead atoms. The molecule has 1 aliphatic heterocycles. The molecule has 4 rings (SSSR count). The minimum Gasteiger partial charge on any atom is -0.483 e. The summed E-state index contributed by atoms with van der Waals surface area (Å²) in [4.78, 5) is 16.8. The molecular weight excluding hydrogens is 412 g/mol. The molecule has 1 N–H and O–H groups in total. The predicted octanol–water partition coefficient (Wildman–Crippen LogP) is 3.43. The number of amides is 1. The van der Waals surface area contributed by atoms with E-state index in [4.69, 9.17) is 9.47 Å². The molecule has 9 heteroatoms. The summed E-state index contributed by atoms with van der Waals surface area (Å²) in [5, 5.41) is 3.08. The van der Waals surface area contributed by atoms with Crippen LogP contribution in [0.15, 0.2) is 41.3 Å². The average molecular weight is 433 g/mol. The zero-order valence-electron chi connectivity index (χ0n) is 16.2. The second kappa shape index (κ2) is 7.00. The first kappa shape index (κ1) is 19.7. The Bertz CT molecular complexity index is 1210. The van der Waals surface area contributed by atoms with E-state index >= 15 is 0 Å². The molecular formula is C20H20N2O5S2. The average Bonchev–Trinajstić information content (AvgIpc) is 3.16. The van der Waals surface area contributed by atoms with Crippen LogP contribution in [0.25, 0.3) is 10.2 Å². The van der Waals surface area contributed by atoms with E-state index in [1.165, 1.54) is 17.4 Å². The van der Waals surface area contributed by atoms with Gasteiger partial charge in [0.2, 0.25) is 0 Å². The van der Waals surface area contributed by atoms with Crippen LogP contribution in [0.3, 0.4) is 0 Å². The Morgan fingerprint density at radius 1 is 1.31 bits per heavy atom. The number of carbonyl (C=O) groups is 1. The highest BCUT2D eigenvalue weighted by atomic mass is 32.2. The monoisotopic (exact) mass is 432 g/mol. The topological polar surface area (TPSA) is 94.6 Å². The van der Waals surface area contributed by atoms with Gasteiger partial charge in [0.1, 0.15) is 5.60 Å². The SMILES string of the molecule is CC1(C)Cc2cccc(OCC(=O)Nc3nc4ccc(S(C)(=O)=O)cc4s3)c2O1. The molecule has 29 heavy (non-hydrogen) atoms. The third-order valence-electron chi connectivity index (χ3n) is 4.45. The first-order valence-corrected chi connectivity index (χ1v) is 11.7. The van der Waals surface area contributed by atoms with Crippen LogP contribution in [0.5, 0.6) is 11.5 Å². The number of anilines is 1. The number of thiazole rings is 1. The fraction of sp³-hybridized carbons (Fsp3) is 0.300. The lowest BCUT2D eigenvalue weighted by molar-refractivity contribution is -0.118. The van der Waals surface area contributed by atoms with Gasteiger partial charge in [-0.15, -0.1) is 0 Å². The van der Waals surface area contributed by atoms with Crippen molar-refractivity contribution in [2.75, 3.05) is 18.2 Å². The van der Waals surface area contributed by atoms with Crippen LogP contribution in [-0.2, 0) is 21.1 Å². The van der Waals surface area contributed by atoms with E-state index in [1.54, 1.807) is 18.2 Å². The molecule has 1 aromatic heterocycles. The van der Waals surface area contributed by atoms with E-state index in [9.17, 15) is 13.2 Å². The summed E-state index contributed by atoms with van der Waals surface area (Å²) in [6.07, 6.45) is 1.94. The maximum Gasteiger partial charge on any atom is 0.264 e. The van der Waals surface area contributed by atoms with Crippen molar-refractivity contribution in [3.05, 3.63) is 42.0 Å². The number of aromatic nitrogens is 1. The summed E-state index contributed by atoms with van der Waals surface area (Å²) in [5.41, 5.74) is 1.38. The van der Waals surface area contributed by atoms with Crippen molar-refractivity contribution < 1.29 is 22.7 Å². The van der Waals surface area contributed by atoms with Gasteiger partial charge in [-0.05, 0) is 38.1 Å². The number of fused-ring (bicyclic) bond motifs is 2. The number of rotatable bonds is 5. The van der Waals surface area contributed by atoms with Gasteiger partial charge in [-0.1, -0.05) is 23.5 Å². The highest BCUT2D eigenvalue weighted by molar-refractivity contribution is 7.90. The second-order valence-electron chi connectivity index (χ2n) is 7.54. The van der Waals surface area contributed by atoms with Gasteiger partial charge >= 0.3 is 0 Å². The molecule has 3 aromatic rings. The first-order valence-electron chi connectivity index (χ1n) is 8.95. The summed E-state index contributed by atoms with van der Waals surface area (Å²) in [7, 11) is -3.30. The number of para-hydroxylation sites is 1. The van der Waals surface area contributed by atoms with Crippen molar-refractivity contribution in [3.8, 4) is 11.5 Å². The fourth-order valence-electron chi connectivity index (χ4n) is 3.19. The molecule has 7 nitrogen and oxygen atoms in total. The molecule has 1 aliphatic rings. The molecule has 0 spiro atoms. The number of benzene rings is 2. The number of carbonyl (C=O) groups excluding carboxylic acids is 1. The minimum atomic E-state index is -3.30. The Kier molecular flexibility index (Phi) is 4.74. The van der Waals surface area contributed by atoms with E-state index in [0.717, 1.165) is 18.2 Å². The highest BCUT2D eigenvalue weighted by Crippen LogP contribution is 2.41. The third-order valence-corrected chi connectivity index (χ3v) is 6.49. The molecule has 0 atom stereocenters. The lowest BCUT2D eigenvalue weighted by atomic mass is 10.0. The molecule has 0 fully saturated rings. The Labute approximate surface area is 172 Å². The summed E-state index contributed by atoms with van der Waals surface area (Å²) in [6.45, 7) is 3.82. The quantitative estimate of drug-likeness (QED) is 0.664. The van der Waals surface area contributed by atoms with Crippen LogP contribution in [0.1, 0.15) is 19.4 Å². The predicted molar refractivity (Wildman–Crippen MR) is 112 cm³/mol. The Balaban J connectivity index is 1.44. The fourth-order valence-corrected chi connectivity index (χ4v) is 4.83. The van der Waals surface area contributed by atoms with Crippen molar-refractivity contribution in [3.63, 3.8) is 0 Å². The number of hydrogen-bond acceptors (Lipinski definition) is 7. The van der Waals surface area contributed by atoms with E-state index in [1.807, 2.05) is 26.0 Å². The Morgan fingerprint density at radius 2 is 2.10 bits per heavy atom. The van der Waals surface area contributed by atoms with Crippen LogP contribution < -0.4 is 14.8 Å².